The maximum absolute atomic E-state index is 12.9. The smallest absolute Gasteiger partial charge is 0.369 e. The molecular formula is C20H28F3N3O. The highest BCUT2D eigenvalue weighted by Crippen LogP contribution is 2.32. The summed E-state index contributed by atoms with van der Waals surface area (Å²) < 4.78 is 38.7. The molecule has 3 rings (SSSR count). The fraction of sp³-hybridized carbons (Fsp3) is 0.650. The second-order valence-electron chi connectivity index (χ2n) is 7.79. The number of rotatable bonds is 5. The molecule has 1 aliphatic heterocycles. The van der Waals surface area contributed by atoms with Gasteiger partial charge in [0.1, 0.15) is 0 Å². The van der Waals surface area contributed by atoms with Gasteiger partial charge in [0, 0.05) is 37.8 Å². The summed E-state index contributed by atoms with van der Waals surface area (Å²) in [6.45, 7) is 4.24. The molecule has 2 N–H and O–H groups in total. The molecule has 0 spiro atoms. The zero-order valence-corrected chi connectivity index (χ0v) is 15.5. The van der Waals surface area contributed by atoms with Crippen LogP contribution >= 0.6 is 0 Å². The fourth-order valence-electron chi connectivity index (χ4n) is 4.21. The highest BCUT2D eigenvalue weighted by molar-refractivity contribution is 5.76. The standard InChI is InChI=1S/C20H28F3N3O/c21-20(22,23)17-2-1-3-18(14-17)26-12-10-25(11-13-26)9-8-15-4-6-16(7-5-15)19(24)27/h1-3,14-16H,4-13H2,(H2,24,27). The molecule has 2 fully saturated rings. The van der Waals surface area contributed by atoms with Crippen molar-refractivity contribution in [3.63, 3.8) is 0 Å². The lowest BCUT2D eigenvalue weighted by atomic mass is 9.80. The molecule has 27 heavy (non-hydrogen) atoms. The molecule has 0 unspecified atom stereocenters. The molecule has 0 aromatic heterocycles. The average Bonchev–Trinajstić information content (AvgIpc) is 2.66. The summed E-state index contributed by atoms with van der Waals surface area (Å²) in [4.78, 5) is 15.7. The highest BCUT2D eigenvalue weighted by atomic mass is 19.4. The van der Waals surface area contributed by atoms with Gasteiger partial charge in [0.2, 0.25) is 5.91 Å². The van der Waals surface area contributed by atoms with E-state index >= 15 is 0 Å². The minimum atomic E-state index is -4.30. The number of anilines is 1. The molecular weight excluding hydrogens is 355 g/mol. The zero-order chi connectivity index (χ0) is 19.4. The van der Waals surface area contributed by atoms with Gasteiger partial charge in [0.25, 0.3) is 0 Å². The van der Waals surface area contributed by atoms with Crippen molar-refractivity contribution < 1.29 is 18.0 Å². The molecule has 7 heteroatoms. The van der Waals surface area contributed by atoms with Gasteiger partial charge in [-0.15, -0.1) is 0 Å². The van der Waals surface area contributed by atoms with Crippen molar-refractivity contribution in [1.29, 1.82) is 0 Å². The van der Waals surface area contributed by atoms with Gasteiger partial charge in [-0.2, -0.15) is 13.2 Å². The number of amides is 1. The molecule has 0 radical (unpaired) electrons. The Bertz CT molecular complexity index is 634. The van der Waals surface area contributed by atoms with Crippen LogP contribution in [0.1, 0.15) is 37.7 Å². The van der Waals surface area contributed by atoms with Gasteiger partial charge >= 0.3 is 6.18 Å². The number of nitrogens with two attached hydrogens (primary N) is 1. The first kappa shape index (κ1) is 20.0. The number of carbonyl (C=O) groups is 1. The summed E-state index contributed by atoms with van der Waals surface area (Å²) in [5, 5.41) is 0. The van der Waals surface area contributed by atoms with Crippen molar-refractivity contribution in [3.8, 4) is 0 Å². The van der Waals surface area contributed by atoms with Crippen LogP contribution in [0, 0.1) is 11.8 Å². The van der Waals surface area contributed by atoms with E-state index in [0.717, 1.165) is 70.9 Å². The Morgan fingerprint density at radius 2 is 1.74 bits per heavy atom. The predicted octanol–water partition coefficient (Wildman–Crippen LogP) is 3.51. The van der Waals surface area contributed by atoms with E-state index in [1.54, 1.807) is 6.07 Å². The van der Waals surface area contributed by atoms with E-state index < -0.39 is 11.7 Å². The number of hydrogen-bond acceptors (Lipinski definition) is 3. The maximum atomic E-state index is 12.9. The van der Waals surface area contributed by atoms with Gasteiger partial charge in [-0.1, -0.05) is 6.07 Å². The van der Waals surface area contributed by atoms with Crippen molar-refractivity contribution in [3.05, 3.63) is 29.8 Å². The number of carbonyl (C=O) groups excluding carboxylic acids is 1. The second kappa shape index (κ2) is 8.50. The molecule has 150 valence electrons. The third-order valence-electron chi connectivity index (χ3n) is 6.01. The second-order valence-corrected chi connectivity index (χ2v) is 7.79. The third-order valence-corrected chi connectivity index (χ3v) is 6.01. The van der Waals surface area contributed by atoms with E-state index in [-0.39, 0.29) is 11.8 Å². The van der Waals surface area contributed by atoms with E-state index in [1.165, 1.54) is 12.1 Å². The Morgan fingerprint density at radius 1 is 1.07 bits per heavy atom. The third kappa shape index (κ3) is 5.37. The summed E-state index contributed by atoms with van der Waals surface area (Å²) in [5.41, 5.74) is 5.44. The van der Waals surface area contributed by atoms with E-state index in [2.05, 4.69) is 4.90 Å². The maximum Gasteiger partial charge on any atom is 0.416 e. The van der Waals surface area contributed by atoms with Gasteiger partial charge in [-0.25, -0.2) is 0 Å². The first-order valence-electron chi connectivity index (χ1n) is 9.77. The summed E-state index contributed by atoms with van der Waals surface area (Å²) in [5.74, 6) is 0.540. The van der Waals surface area contributed by atoms with Gasteiger partial charge in [0.05, 0.1) is 5.56 Å². The normalized spacial score (nSPS) is 24.8. The number of hydrogen-bond donors (Lipinski definition) is 1. The Kier molecular flexibility index (Phi) is 6.29. The van der Waals surface area contributed by atoms with E-state index in [0.29, 0.717) is 11.6 Å². The molecule has 1 saturated heterocycles. The fourth-order valence-corrected chi connectivity index (χ4v) is 4.21. The number of nitrogens with zero attached hydrogens (tertiary/aromatic N) is 2. The Hall–Kier alpha value is -1.76. The van der Waals surface area contributed by atoms with Crippen LogP contribution in [0.3, 0.4) is 0 Å². The van der Waals surface area contributed by atoms with Crippen molar-refractivity contribution in [2.75, 3.05) is 37.6 Å². The van der Waals surface area contributed by atoms with Crippen LogP contribution < -0.4 is 10.6 Å². The van der Waals surface area contributed by atoms with Crippen LogP contribution in [0.4, 0.5) is 18.9 Å². The molecule has 1 saturated carbocycles. The lowest BCUT2D eigenvalue weighted by Gasteiger charge is -2.37. The minimum Gasteiger partial charge on any atom is -0.369 e. The number of halogens is 3. The zero-order valence-electron chi connectivity index (χ0n) is 15.5. The monoisotopic (exact) mass is 383 g/mol. The van der Waals surface area contributed by atoms with Crippen LogP contribution in [0.25, 0.3) is 0 Å². The molecule has 1 aromatic carbocycles. The van der Waals surface area contributed by atoms with Crippen LogP contribution in [-0.4, -0.2) is 43.5 Å². The molecule has 1 aromatic rings. The van der Waals surface area contributed by atoms with Gasteiger partial charge in [-0.3, -0.25) is 9.69 Å². The van der Waals surface area contributed by atoms with Crippen molar-refractivity contribution >= 4 is 11.6 Å². The summed E-state index contributed by atoms with van der Waals surface area (Å²) in [6, 6.07) is 5.59. The van der Waals surface area contributed by atoms with Crippen LogP contribution in [-0.2, 0) is 11.0 Å². The molecule has 2 aliphatic rings. The number of piperazine rings is 1. The predicted molar refractivity (Wildman–Crippen MR) is 99.4 cm³/mol. The number of benzene rings is 1. The lowest BCUT2D eigenvalue weighted by Crippen LogP contribution is -2.47. The first-order valence-corrected chi connectivity index (χ1v) is 9.77. The SMILES string of the molecule is NC(=O)C1CCC(CCN2CCN(c3cccc(C(F)(F)F)c3)CC2)CC1. The highest BCUT2D eigenvalue weighted by Gasteiger charge is 2.31. The van der Waals surface area contributed by atoms with E-state index in [9.17, 15) is 18.0 Å². The molecule has 1 aliphatic carbocycles. The summed E-state index contributed by atoms with van der Waals surface area (Å²) in [6.07, 6.45) is 0.767. The van der Waals surface area contributed by atoms with Crippen molar-refractivity contribution in [2.24, 2.45) is 17.6 Å². The van der Waals surface area contributed by atoms with Crippen LogP contribution in [0.15, 0.2) is 24.3 Å². The molecule has 1 amide bonds. The number of primary amides is 1. The van der Waals surface area contributed by atoms with Gasteiger partial charge < -0.3 is 10.6 Å². The van der Waals surface area contributed by atoms with E-state index in [1.807, 2.05) is 4.90 Å². The lowest BCUT2D eigenvalue weighted by molar-refractivity contribution is -0.137. The average molecular weight is 383 g/mol. The topological polar surface area (TPSA) is 49.6 Å². The van der Waals surface area contributed by atoms with Gasteiger partial charge in [0.15, 0.2) is 0 Å². The first-order chi connectivity index (χ1) is 12.8. The molecule has 0 atom stereocenters. The van der Waals surface area contributed by atoms with Crippen molar-refractivity contribution in [1.82, 2.24) is 4.90 Å². The summed E-state index contributed by atoms with van der Waals surface area (Å²) >= 11 is 0. The Balaban J connectivity index is 1.43. The Morgan fingerprint density at radius 3 is 2.33 bits per heavy atom. The van der Waals surface area contributed by atoms with Crippen molar-refractivity contribution in [2.45, 2.75) is 38.3 Å². The molecule has 4 nitrogen and oxygen atoms in total. The minimum absolute atomic E-state index is 0.0530. The van der Waals surface area contributed by atoms with Crippen LogP contribution in [0.5, 0.6) is 0 Å². The van der Waals surface area contributed by atoms with E-state index in [4.69, 9.17) is 5.73 Å². The molecule has 1 heterocycles. The molecule has 0 bridgehead atoms. The number of alkyl halides is 3. The Labute approximate surface area is 158 Å². The quantitative estimate of drug-likeness (QED) is 0.847. The summed E-state index contributed by atoms with van der Waals surface area (Å²) in [7, 11) is 0. The van der Waals surface area contributed by atoms with Crippen LogP contribution in [0.2, 0.25) is 0 Å². The van der Waals surface area contributed by atoms with Gasteiger partial charge in [-0.05, 0) is 62.8 Å². The largest absolute Gasteiger partial charge is 0.416 e.